The summed E-state index contributed by atoms with van der Waals surface area (Å²) in [6, 6.07) is 11.6. The minimum absolute atomic E-state index is 0.181. The number of hydrogen-bond acceptors (Lipinski definition) is 4. The number of azo groups is 1. The van der Waals surface area contributed by atoms with Crippen molar-refractivity contribution < 1.29 is 4.79 Å². The molecule has 5 nitrogen and oxygen atoms in total. The van der Waals surface area contributed by atoms with Gasteiger partial charge in [0.1, 0.15) is 0 Å². The summed E-state index contributed by atoms with van der Waals surface area (Å²) in [5, 5.41) is 12.9. The van der Waals surface area contributed by atoms with E-state index in [9.17, 15) is 4.79 Å². The van der Waals surface area contributed by atoms with Crippen LogP contribution in [-0.4, -0.2) is 25.0 Å². The minimum Gasteiger partial charge on any atom is -0.372 e. The molecule has 0 radical (unpaired) electrons. The van der Waals surface area contributed by atoms with Crippen LogP contribution in [0.25, 0.3) is 0 Å². The molecule has 0 unspecified atom stereocenters. The fourth-order valence-corrected chi connectivity index (χ4v) is 4.62. The predicted molar refractivity (Wildman–Crippen MR) is 134 cm³/mol. The van der Waals surface area contributed by atoms with Gasteiger partial charge in [-0.15, -0.1) is 0 Å². The number of carbonyl (C=O) groups is 1. The summed E-state index contributed by atoms with van der Waals surface area (Å²) in [6.45, 7) is 5.88. The quantitative estimate of drug-likeness (QED) is 0.377. The molecule has 1 aliphatic carbocycles. The number of nitrogens with one attached hydrogen (secondary N) is 1. The van der Waals surface area contributed by atoms with E-state index >= 15 is 0 Å². The van der Waals surface area contributed by atoms with Gasteiger partial charge in [0.05, 0.1) is 11.4 Å². The van der Waals surface area contributed by atoms with Crippen LogP contribution in [0.4, 0.5) is 17.1 Å². The van der Waals surface area contributed by atoms with E-state index in [0.717, 1.165) is 49.3 Å². The Morgan fingerprint density at radius 2 is 1.78 bits per heavy atom. The number of anilines is 1. The second kappa shape index (κ2) is 12.2. The van der Waals surface area contributed by atoms with Gasteiger partial charge in [0.2, 0.25) is 5.91 Å². The van der Waals surface area contributed by atoms with Crippen molar-refractivity contribution in [1.82, 2.24) is 5.32 Å². The van der Waals surface area contributed by atoms with Crippen LogP contribution in [0.2, 0.25) is 10.0 Å². The molecule has 1 fully saturated rings. The summed E-state index contributed by atoms with van der Waals surface area (Å²) < 4.78 is 0. The van der Waals surface area contributed by atoms with Gasteiger partial charge in [0.25, 0.3) is 0 Å². The van der Waals surface area contributed by atoms with Gasteiger partial charge in [-0.3, -0.25) is 4.79 Å². The van der Waals surface area contributed by atoms with Crippen LogP contribution in [0.5, 0.6) is 0 Å². The van der Waals surface area contributed by atoms with Crippen LogP contribution in [0.3, 0.4) is 0 Å². The molecule has 1 aliphatic rings. The number of carbonyl (C=O) groups excluding carboxylic acids is 1. The molecule has 2 aromatic rings. The lowest BCUT2D eigenvalue weighted by atomic mass is 9.95. The molecule has 0 atom stereocenters. The van der Waals surface area contributed by atoms with E-state index in [0.29, 0.717) is 28.2 Å². The maximum Gasteiger partial charge on any atom is 0.220 e. The van der Waals surface area contributed by atoms with Crippen LogP contribution in [0.15, 0.2) is 46.6 Å². The van der Waals surface area contributed by atoms with Crippen molar-refractivity contribution in [3.8, 4) is 0 Å². The molecule has 1 amide bonds. The summed E-state index contributed by atoms with van der Waals surface area (Å²) in [6.07, 6.45) is 7.42. The molecule has 32 heavy (non-hydrogen) atoms. The second-order valence-electron chi connectivity index (χ2n) is 8.38. The predicted octanol–water partition coefficient (Wildman–Crippen LogP) is 7.77. The Balaban J connectivity index is 1.54. The van der Waals surface area contributed by atoms with Gasteiger partial charge < -0.3 is 10.2 Å². The lowest BCUT2D eigenvalue weighted by molar-refractivity contribution is -0.122. The van der Waals surface area contributed by atoms with Crippen molar-refractivity contribution in [3.63, 3.8) is 0 Å². The molecule has 3 rings (SSSR count). The van der Waals surface area contributed by atoms with Gasteiger partial charge in [-0.25, -0.2) is 0 Å². The third-order valence-electron chi connectivity index (χ3n) is 5.85. The fraction of sp³-hybridized carbons (Fsp3) is 0.480. The van der Waals surface area contributed by atoms with Crippen molar-refractivity contribution >= 4 is 46.2 Å². The minimum atomic E-state index is 0.181. The number of nitrogens with zero attached hydrogens (tertiary/aromatic N) is 3. The SMILES string of the molecule is CCN(CCCC(=O)NC1CCCCC1)c1ccc(N=Nc2cc(Cl)cc(Cl)c2)c(C)c1. The lowest BCUT2D eigenvalue weighted by Gasteiger charge is -2.25. The van der Waals surface area contributed by atoms with Gasteiger partial charge in [-0.2, -0.15) is 10.2 Å². The van der Waals surface area contributed by atoms with Crippen molar-refractivity contribution in [3.05, 3.63) is 52.0 Å². The molecule has 172 valence electrons. The third kappa shape index (κ3) is 7.49. The highest BCUT2D eigenvalue weighted by atomic mass is 35.5. The van der Waals surface area contributed by atoms with E-state index in [2.05, 4.69) is 39.5 Å². The first-order valence-electron chi connectivity index (χ1n) is 11.5. The zero-order valence-electron chi connectivity index (χ0n) is 18.9. The first-order chi connectivity index (χ1) is 15.4. The largest absolute Gasteiger partial charge is 0.372 e. The molecule has 0 saturated heterocycles. The second-order valence-corrected chi connectivity index (χ2v) is 9.26. The Kier molecular flexibility index (Phi) is 9.36. The van der Waals surface area contributed by atoms with Gasteiger partial charge in [0.15, 0.2) is 0 Å². The molecule has 0 spiro atoms. The summed E-state index contributed by atoms with van der Waals surface area (Å²) in [4.78, 5) is 14.6. The van der Waals surface area contributed by atoms with Gasteiger partial charge in [-0.05, 0) is 75.1 Å². The molecule has 0 aliphatic heterocycles. The van der Waals surface area contributed by atoms with Gasteiger partial charge in [0, 0.05) is 41.3 Å². The van der Waals surface area contributed by atoms with Gasteiger partial charge in [-0.1, -0.05) is 42.5 Å². The average Bonchev–Trinajstić information content (AvgIpc) is 2.76. The summed E-state index contributed by atoms with van der Waals surface area (Å²) in [7, 11) is 0. The molecule has 0 heterocycles. The highest BCUT2D eigenvalue weighted by Crippen LogP contribution is 2.29. The summed E-state index contributed by atoms with van der Waals surface area (Å²) >= 11 is 12.1. The van der Waals surface area contributed by atoms with E-state index in [1.54, 1.807) is 18.2 Å². The Morgan fingerprint density at radius 3 is 2.44 bits per heavy atom. The monoisotopic (exact) mass is 474 g/mol. The first-order valence-corrected chi connectivity index (χ1v) is 12.2. The third-order valence-corrected chi connectivity index (χ3v) is 6.29. The molecule has 7 heteroatoms. The van der Waals surface area contributed by atoms with Crippen LogP contribution >= 0.6 is 23.2 Å². The molecular weight excluding hydrogens is 443 g/mol. The first kappa shape index (κ1) is 24.5. The van der Waals surface area contributed by atoms with Gasteiger partial charge >= 0.3 is 0 Å². The van der Waals surface area contributed by atoms with Crippen LogP contribution < -0.4 is 10.2 Å². The Bertz CT molecular complexity index is 921. The molecule has 0 bridgehead atoms. The fourth-order valence-electron chi connectivity index (χ4n) is 4.10. The Labute approximate surface area is 201 Å². The van der Waals surface area contributed by atoms with E-state index in [1.807, 2.05) is 13.0 Å². The molecule has 1 saturated carbocycles. The van der Waals surface area contributed by atoms with Crippen LogP contribution in [-0.2, 0) is 4.79 Å². The van der Waals surface area contributed by atoms with E-state index in [4.69, 9.17) is 23.2 Å². The van der Waals surface area contributed by atoms with Crippen molar-refractivity contribution in [2.24, 2.45) is 10.2 Å². The topological polar surface area (TPSA) is 57.1 Å². The highest BCUT2D eigenvalue weighted by Gasteiger charge is 2.15. The average molecular weight is 475 g/mol. The zero-order valence-corrected chi connectivity index (χ0v) is 20.4. The highest BCUT2D eigenvalue weighted by molar-refractivity contribution is 6.35. The number of amides is 1. The molecular formula is C25H32Cl2N4O. The number of halogens is 2. The standard InChI is InChI=1S/C25H32Cl2N4O/c1-3-31(13-7-10-25(32)28-21-8-5-4-6-9-21)23-11-12-24(18(2)14-23)30-29-22-16-19(26)15-20(27)17-22/h11-12,14-17,21H,3-10,13H2,1-2H3,(H,28,32). The van der Waals surface area contributed by atoms with Crippen LogP contribution in [0.1, 0.15) is 57.4 Å². The Hall–Kier alpha value is -2.11. The number of aryl methyl sites for hydroxylation is 1. The van der Waals surface area contributed by atoms with Crippen LogP contribution in [0, 0.1) is 6.92 Å². The maximum absolute atomic E-state index is 12.3. The zero-order chi connectivity index (χ0) is 22.9. The number of benzene rings is 2. The maximum atomic E-state index is 12.3. The van der Waals surface area contributed by atoms with Crippen molar-refractivity contribution in [2.45, 2.75) is 64.8 Å². The number of hydrogen-bond donors (Lipinski definition) is 1. The number of rotatable bonds is 9. The Morgan fingerprint density at radius 1 is 1.06 bits per heavy atom. The summed E-state index contributed by atoms with van der Waals surface area (Å²) in [5.41, 5.74) is 3.58. The molecule has 2 aromatic carbocycles. The molecule has 1 N–H and O–H groups in total. The lowest BCUT2D eigenvalue weighted by Crippen LogP contribution is -2.36. The van der Waals surface area contributed by atoms with E-state index in [-0.39, 0.29) is 5.91 Å². The normalized spacial score (nSPS) is 14.6. The molecule has 0 aromatic heterocycles. The smallest absolute Gasteiger partial charge is 0.220 e. The summed E-state index contributed by atoms with van der Waals surface area (Å²) in [5.74, 6) is 0.181. The van der Waals surface area contributed by atoms with Crippen molar-refractivity contribution in [1.29, 1.82) is 0 Å². The van der Waals surface area contributed by atoms with Crippen molar-refractivity contribution in [2.75, 3.05) is 18.0 Å². The van der Waals surface area contributed by atoms with E-state index < -0.39 is 0 Å². The van der Waals surface area contributed by atoms with E-state index in [1.165, 1.54) is 19.3 Å².